The van der Waals surface area contributed by atoms with Gasteiger partial charge in [0, 0.05) is 33.4 Å². The Morgan fingerprint density at radius 1 is 1.38 bits per heavy atom. The fraction of sp³-hybridized carbons (Fsp3) is 0.556. The van der Waals surface area contributed by atoms with Gasteiger partial charge in [-0.25, -0.2) is 0 Å². The van der Waals surface area contributed by atoms with Gasteiger partial charge in [-0.1, -0.05) is 53.0 Å². The van der Waals surface area contributed by atoms with Crippen molar-refractivity contribution >= 4 is 34.2 Å². The van der Waals surface area contributed by atoms with Crippen LogP contribution in [0.3, 0.4) is 0 Å². The van der Waals surface area contributed by atoms with Gasteiger partial charge < -0.3 is 4.90 Å². The van der Waals surface area contributed by atoms with E-state index in [9.17, 15) is 0 Å². The molecule has 1 saturated heterocycles. The number of rotatable bonds is 2. The average Bonchev–Trinajstić information content (AvgIpc) is 3.23. The summed E-state index contributed by atoms with van der Waals surface area (Å²) in [6, 6.07) is 0.451. The van der Waals surface area contributed by atoms with Crippen molar-refractivity contribution in [3.8, 4) is 0 Å². The van der Waals surface area contributed by atoms with E-state index < -0.39 is 0 Å². The highest BCUT2D eigenvalue weighted by Gasteiger charge is 2.74. The quantitative estimate of drug-likeness (QED) is 0.469. The topological polar surface area (TPSA) is 3.24 Å². The van der Waals surface area contributed by atoms with Crippen LogP contribution < -0.4 is 0 Å². The van der Waals surface area contributed by atoms with Gasteiger partial charge in [-0.05, 0) is 37.8 Å². The van der Waals surface area contributed by atoms with Crippen molar-refractivity contribution in [3.05, 3.63) is 48.2 Å². The Labute approximate surface area is 145 Å². The molecule has 2 aliphatic heterocycles. The normalized spacial score (nSPS) is 49.3. The predicted octanol–water partition coefficient (Wildman–Crippen LogP) is 4.70. The number of hydrogen-bond donors (Lipinski definition) is 0. The van der Waals surface area contributed by atoms with Gasteiger partial charge in [-0.2, -0.15) is 0 Å². The molecule has 0 bridgehead atoms. The number of halogens is 2. The van der Waals surface area contributed by atoms with E-state index in [0.29, 0.717) is 12.0 Å². The zero-order valence-electron chi connectivity index (χ0n) is 12.5. The largest absolute Gasteiger partial charge is 0.362 e. The maximum absolute atomic E-state index is 6.62. The molecular formula is C18H21ClIN. The van der Waals surface area contributed by atoms with E-state index in [1.54, 1.807) is 5.57 Å². The van der Waals surface area contributed by atoms with E-state index in [-0.39, 0.29) is 16.4 Å². The molecule has 2 heterocycles. The van der Waals surface area contributed by atoms with Crippen LogP contribution in [0.5, 0.6) is 0 Å². The standard InChI is InChI=1S/C18H21ClIN/c1-13-17(11-19,12-20)18-10-14(18)6-5-7-15(18)16(2)8-3-4-9-21(13)16/h3-9,13-14H,10-12H2,1-2H3/t13?,14?,16?,17-,18+/m0/s1. The molecule has 0 N–H and O–H groups in total. The summed E-state index contributed by atoms with van der Waals surface area (Å²) in [5.41, 5.74) is 2.03. The third-order valence-corrected chi connectivity index (χ3v) is 8.38. The molecule has 2 fully saturated rings. The molecule has 3 unspecified atom stereocenters. The van der Waals surface area contributed by atoms with E-state index in [2.05, 4.69) is 84.0 Å². The molecule has 0 aromatic rings. The van der Waals surface area contributed by atoms with Crippen molar-refractivity contribution in [2.24, 2.45) is 16.7 Å². The van der Waals surface area contributed by atoms with Crippen molar-refractivity contribution in [2.45, 2.75) is 31.8 Å². The second-order valence-electron chi connectivity index (χ2n) is 7.10. The molecule has 0 radical (unpaired) electrons. The summed E-state index contributed by atoms with van der Waals surface area (Å²) in [7, 11) is 0. The molecular weight excluding hydrogens is 393 g/mol. The summed E-state index contributed by atoms with van der Waals surface area (Å²) in [6.45, 7) is 4.75. The minimum absolute atomic E-state index is 0.00897. The molecule has 1 saturated carbocycles. The lowest BCUT2D eigenvalue weighted by Gasteiger charge is -2.62. The molecule has 0 aromatic carbocycles. The second-order valence-corrected chi connectivity index (χ2v) is 8.13. The maximum Gasteiger partial charge on any atom is 0.0778 e. The van der Waals surface area contributed by atoms with Crippen molar-refractivity contribution in [3.63, 3.8) is 0 Å². The molecule has 0 aromatic heterocycles. The van der Waals surface area contributed by atoms with Gasteiger partial charge in [0.1, 0.15) is 0 Å². The summed E-state index contributed by atoms with van der Waals surface area (Å²) in [4.78, 5) is 2.54. The van der Waals surface area contributed by atoms with Crippen LogP contribution in [0.25, 0.3) is 0 Å². The van der Waals surface area contributed by atoms with Crippen LogP contribution in [0.2, 0.25) is 0 Å². The minimum Gasteiger partial charge on any atom is -0.362 e. The van der Waals surface area contributed by atoms with Crippen molar-refractivity contribution in [2.75, 3.05) is 10.3 Å². The highest BCUT2D eigenvalue weighted by atomic mass is 127. The molecule has 2 aliphatic carbocycles. The number of hydrogen-bond acceptors (Lipinski definition) is 1. The van der Waals surface area contributed by atoms with Crippen LogP contribution in [0, 0.1) is 16.7 Å². The second kappa shape index (κ2) is 4.41. The molecule has 1 nitrogen and oxygen atoms in total. The summed E-state index contributed by atoms with van der Waals surface area (Å²) >= 11 is 9.18. The molecule has 4 aliphatic rings. The molecule has 3 heteroatoms. The van der Waals surface area contributed by atoms with Crippen LogP contribution in [0.15, 0.2) is 48.2 Å². The smallest absolute Gasteiger partial charge is 0.0778 e. The Kier molecular flexibility index (Phi) is 3.02. The van der Waals surface area contributed by atoms with Gasteiger partial charge in [0.05, 0.1) is 5.54 Å². The van der Waals surface area contributed by atoms with Gasteiger partial charge >= 0.3 is 0 Å². The highest BCUT2D eigenvalue weighted by Crippen LogP contribution is 2.76. The van der Waals surface area contributed by atoms with Gasteiger partial charge in [0.2, 0.25) is 0 Å². The van der Waals surface area contributed by atoms with Crippen molar-refractivity contribution in [1.29, 1.82) is 0 Å². The van der Waals surface area contributed by atoms with E-state index >= 15 is 0 Å². The Hall–Kier alpha value is -0.220. The number of piperidine rings is 1. The molecule has 112 valence electrons. The van der Waals surface area contributed by atoms with Crippen LogP contribution >= 0.6 is 34.2 Å². The fourth-order valence-corrected chi connectivity index (χ4v) is 7.71. The lowest BCUT2D eigenvalue weighted by Crippen LogP contribution is -2.66. The molecule has 0 amide bonds. The van der Waals surface area contributed by atoms with Crippen LogP contribution in [-0.2, 0) is 0 Å². The van der Waals surface area contributed by atoms with Crippen LogP contribution in [-0.4, -0.2) is 26.8 Å². The zero-order chi connectivity index (χ0) is 14.9. The van der Waals surface area contributed by atoms with Crippen molar-refractivity contribution < 1.29 is 0 Å². The lowest BCUT2D eigenvalue weighted by atomic mass is 9.56. The number of fused-ring (bicyclic) bond motifs is 2. The maximum atomic E-state index is 6.62. The summed E-state index contributed by atoms with van der Waals surface area (Å²) < 4.78 is 1.11. The first kappa shape index (κ1) is 14.4. The fourth-order valence-electron chi connectivity index (χ4n) is 5.25. The molecule has 21 heavy (non-hydrogen) atoms. The third-order valence-electron chi connectivity index (χ3n) is 6.54. The van der Waals surface area contributed by atoms with Crippen molar-refractivity contribution in [1.82, 2.24) is 4.90 Å². The van der Waals surface area contributed by atoms with Crippen LogP contribution in [0.1, 0.15) is 20.3 Å². The zero-order valence-corrected chi connectivity index (χ0v) is 15.4. The SMILES string of the molecule is CC1N2C=CC=CC2(C)C2=CC=CC3C[C@]23[C@@]1(CCl)CI. The Bertz CT molecular complexity index is 600. The Morgan fingerprint density at radius 3 is 2.90 bits per heavy atom. The number of allylic oxidation sites excluding steroid dienone is 5. The van der Waals surface area contributed by atoms with E-state index in [0.717, 1.165) is 10.3 Å². The lowest BCUT2D eigenvalue weighted by molar-refractivity contribution is -0.00206. The van der Waals surface area contributed by atoms with Crippen LogP contribution in [0.4, 0.5) is 0 Å². The molecule has 1 spiro atoms. The van der Waals surface area contributed by atoms with E-state index in [1.807, 2.05) is 0 Å². The minimum atomic E-state index is 0.00897. The first-order valence-corrected chi connectivity index (χ1v) is 9.79. The van der Waals surface area contributed by atoms with Gasteiger partial charge in [0.25, 0.3) is 0 Å². The predicted molar refractivity (Wildman–Crippen MR) is 97.8 cm³/mol. The van der Waals surface area contributed by atoms with E-state index in [1.165, 1.54) is 6.42 Å². The first-order chi connectivity index (χ1) is 10.1. The Morgan fingerprint density at radius 2 is 2.19 bits per heavy atom. The van der Waals surface area contributed by atoms with E-state index in [4.69, 9.17) is 11.6 Å². The summed E-state index contributed by atoms with van der Waals surface area (Å²) in [6.07, 6.45) is 17.3. The molecule has 4 rings (SSSR count). The highest BCUT2D eigenvalue weighted by molar-refractivity contribution is 14.1. The Balaban J connectivity index is 1.97. The number of alkyl halides is 2. The third kappa shape index (κ3) is 1.45. The van der Waals surface area contributed by atoms with Gasteiger partial charge in [-0.15, -0.1) is 11.6 Å². The van der Waals surface area contributed by atoms with Gasteiger partial charge in [0.15, 0.2) is 0 Å². The number of nitrogens with zero attached hydrogens (tertiary/aromatic N) is 1. The molecule has 5 atom stereocenters. The first-order valence-electron chi connectivity index (χ1n) is 7.73. The monoisotopic (exact) mass is 413 g/mol. The van der Waals surface area contributed by atoms with Gasteiger partial charge in [-0.3, -0.25) is 0 Å². The summed E-state index contributed by atoms with van der Waals surface area (Å²) in [5.74, 6) is 1.43. The average molecular weight is 414 g/mol. The summed E-state index contributed by atoms with van der Waals surface area (Å²) in [5, 5.41) is 0.